The molecule has 3 atom stereocenters. The predicted molar refractivity (Wildman–Crippen MR) is 155 cm³/mol. The van der Waals surface area contributed by atoms with Gasteiger partial charge in [0.2, 0.25) is 0 Å². The maximum Gasteiger partial charge on any atom is 0.269 e. The second-order valence-electron chi connectivity index (χ2n) is 11.2. The number of likely N-dealkylation sites (tertiary alicyclic amines) is 1. The Labute approximate surface area is 231 Å². The van der Waals surface area contributed by atoms with Crippen LogP contribution in [0.1, 0.15) is 51.4 Å². The highest BCUT2D eigenvalue weighted by Gasteiger charge is 2.41. The molecule has 2 amide bonds. The molecule has 2 fully saturated rings. The number of amides is 2. The summed E-state index contributed by atoms with van der Waals surface area (Å²) >= 11 is 0. The van der Waals surface area contributed by atoms with E-state index >= 15 is 0 Å². The normalized spacial score (nSPS) is 19.3. The van der Waals surface area contributed by atoms with Gasteiger partial charge < -0.3 is 24.4 Å². The molecule has 0 saturated carbocycles. The molecule has 3 aromatic rings. The highest BCUT2D eigenvalue weighted by atomic mass is 16.5. The number of aryl methyl sites for hydroxylation is 2. The zero-order valence-corrected chi connectivity index (χ0v) is 24.0. The third-order valence-corrected chi connectivity index (χ3v) is 8.29. The Morgan fingerprint density at radius 3 is 2.44 bits per heavy atom. The van der Waals surface area contributed by atoms with Gasteiger partial charge in [0, 0.05) is 69.3 Å². The molecule has 2 saturated heterocycles. The van der Waals surface area contributed by atoms with Gasteiger partial charge in [-0.3, -0.25) is 14.5 Å². The zero-order chi connectivity index (χ0) is 28.0. The molecule has 1 N–H and O–H groups in total. The first-order valence-electron chi connectivity index (χ1n) is 13.5. The Bertz CT molecular complexity index is 1410. The maximum atomic E-state index is 13.5. The summed E-state index contributed by atoms with van der Waals surface area (Å²) in [6.45, 7) is 6.05. The molecule has 1 aromatic heterocycles. The molecule has 0 spiro atoms. The van der Waals surface area contributed by atoms with Crippen LogP contribution in [0.25, 0.3) is 11.1 Å². The van der Waals surface area contributed by atoms with Crippen molar-refractivity contribution >= 4 is 17.5 Å². The highest BCUT2D eigenvalue weighted by Crippen LogP contribution is 2.35. The molecule has 8 heteroatoms. The number of carbonyl (C=O) groups is 2. The van der Waals surface area contributed by atoms with E-state index in [1.807, 2.05) is 62.0 Å². The predicted octanol–water partition coefficient (Wildman–Crippen LogP) is 4.09. The quantitative estimate of drug-likeness (QED) is 0.499. The highest BCUT2D eigenvalue weighted by molar-refractivity contribution is 5.97. The molecule has 2 aromatic carbocycles. The summed E-state index contributed by atoms with van der Waals surface area (Å²) in [7, 11) is 9.19. The summed E-state index contributed by atoms with van der Waals surface area (Å²) < 4.78 is 7.43. The number of nitrogens with one attached hydrogen (secondary N) is 1. The Kier molecular flexibility index (Phi) is 7.16. The van der Waals surface area contributed by atoms with Crippen molar-refractivity contribution in [1.29, 1.82) is 0 Å². The summed E-state index contributed by atoms with van der Waals surface area (Å²) in [5.41, 5.74) is 6.15. The van der Waals surface area contributed by atoms with Gasteiger partial charge >= 0.3 is 0 Å². The number of fused-ring (bicyclic) bond motifs is 2. The summed E-state index contributed by atoms with van der Waals surface area (Å²) in [6, 6.07) is 14.9. The standard InChI is InChI=1S/C31H39N5O3/c1-19-8-9-24(36-18-25-14-26(36)17-34(25)5)15-28(19)30(37)32-20(2)21-10-22(12-27(11-21)39-7)23-13-29(35(6)16-23)31(38)33(3)4/h8-13,15-16,20,25-26H,14,17-18H2,1-7H3,(H,32,37)/t20-,25-,26-/m1/s1. The Morgan fingerprint density at radius 1 is 1.03 bits per heavy atom. The van der Waals surface area contributed by atoms with Crippen LogP contribution in [0.2, 0.25) is 0 Å². The molecule has 0 unspecified atom stereocenters. The van der Waals surface area contributed by atoms with Gasteiger partial charge in [0.15, 0.2) is 0 Å². The number of rotatable bonds is 7. The molecular weight excluding hydrogens is 490 g/mol. The van der Waals surface area contributed by atoms with Crippen molar-refractivity contribution in [2.24, 2.45) is 7.05 Å². The molecule has 0 aliphatic carbocycles. The van der Waals surface area contributed by atoms with E-state index in [2.05, 4.69) is 34.3 Å². The Morgan fingerprint density at radius 2 is 1.79 bits per heavy atom. The van der Waals surface area contributed by atoms with Crippen LogP contribution < -0.4 is 15.0 Å². The number of carbonyl (C=O) groups excluding carboxylic acids is 2. The van der Waals surface area contributed by atoms with E-state index in [1.54, 1.807) is 26.1 Å². The first kappa shape index (κ1) is 26.8. The molecule has 0 radical (unpaired) electrons. The molecule has 3 heterocycles. The number of hydrogen-bond acceptors (Lipinski definition) is 5. The van der Waals surface area contributed by atoms with Crippen molar-refractivity contribution in [3.05, 3.63) is 71.0 Å². The van der Waals surface area contributed by atoms with Crippen molar-refractivity contribution in [3.8, 4) is 16.9 Å². The average Bonchev–Trinajstić information content (AvgIpc) is 3.61. The minimum atomic E-state index is -0.252. The molecule has 206 valence electrons. The smallest absolute Gasteiger partial charge is 0.269 e. The molecule has 5 rings (SSSR count). The lowest BCUT2D eigenvalue weighted by atomic mass is 10.00. The Hall–Kier alpha value is -3.78. The van der Waals surface area contributed by atoms with E-state index in [9.17, 15) is 9.59 Å². The topological polar surface area (TPSA) is 70.0 Å². The van der Waals surface area contributed by atoms with E-state index in [0.29, 0.717) is 29.1 Å². The minimum absolute atomic E-state index is 0.0566. The number of aromatic nitrogens is 1. The Balaban J connectivity index is 1.37. The second-order valence-corrected chi connectivity index (χ2v) is 11.2. The largest absolute Gasteiger partial charge is 0.497 e. The molecule has 2 aliphatic rings. The van der Waals surface area contributed by atoms with E-state index in [0.717, 1.165) is 41.0 Å². The van der Waals surface area contributed by atoms with Crippen molar-refractivity contribution in [2.45, 2.75) is 38.4 Å². The number of likely N-dealkylation sites (N-methyl/N-ethyl adjacent to an activating group) is 1. The number of hydrogen-bond donors (Lipinski definition) is 1. The maximum absolute atomic E-state index is 13.5. The summed E-state index contributed by atoms with van der Waals surface area (Å²) in [6.07, 6.45) is 3.13. The van der Waals surface area contributed by atoms with Crippen LogP contribution in [-0.2, 0) is 7.05 Å². The van der Waals surface area contributed by atoms with Gasteiger partial charge in [-0.25, -0.2) is 0 Å². The fourth-order valence-corrected chi connectivity index (χ4v) is 5.89. The fourth-order valence-electron chi connectivity index (χ4n) is 5.89. The van der Waals surface area contributed by atoms with Crippen molar-refractivity contribution in [2.75, 3.05) is 46.2 Å². The minimum Gasteiger partial charge on any atom is -0.497 e. The van der Waals surface area contributed by atoms with Gasteiger partial charge in [0.05, 0.1) is 13.2 Å². The van der Waals surface area contributed by atoms with Gasteiger partial charge in [-0.15, -0.1) is 0 Å². The molecule has 8 nitrogen and oxygen atoms in total. The van der Waals surface area contributed by atoms with Gasteiger partial charge in [-0.05, 0) is 80.4 Å². The summed E-state index contributed by atoms with van der Waals surface area (Å²) in [4.78, 5) is 32.5. The number of nitrogens with zero attached hydrogens (tertiary/aromatic N) is 4. The number of ether oxygens (including phenoxy) is 1. The average molecular weight is 530 g/mol. The van der Waals surface area contributed by atoms with Gasteiger partial charge in [-0.1, -0.05) is 6.07 Å². The van der Waals surface area contributed by atoms with E-state index in [4.69, 9.17) is 4.74 Å². The van der Waals surface area contributed by atoms with Crippen LogP contribution in [0, 0.1) is 6.92 Å². The lowest BCUT2D eigenvalue weighted by Gasteiger charge is -2.34. The number of methoxy groups -OCH3 is 1. The van der Waals surface area contributed by atoms with Gasteiger partial charge in [0.1, 0.15) is 11.4 Å². The summed E-state index contributed by atoms with van der Waals surface area (Å²) in [5, 5.41) is 3.20. The van der Waals surface area contributed by atoms with Crippen LogP contribution in [-0.4, -0.2) is 79.6 Å². The van der Waals surface area contributed by atoms with Crippen molar-refractivity contribution < 1.29 is 14.3 Å². The van der Waals surface area contributed by atoms with Gasteiger partial charge in [0.25, 0.3) is 11.8 Å². The molecule has 2 bridgehead atoms. The van der Waals surface area contributed by atoms with Crippen LogP contribution in [0.15, 0.2) is 48.7 Å². The fraction of sp³-hybridized carbons (Fsp3) is 0.419. The zero-order valence-electron chi connectivity index (χ0n) is 24.0. The monoisotopic (exact) mass is 529 g/mol. The summed E-state index contributed by atoms with van der Waals surface area (Å²) in [5.74, 6) is 0.547. The lowest BCUT2D eigenvalue weighted by molar-refractivity contribution is 0.0818. The first-order valence-corrected chi connectivity index (χ1v) is 13.5. The van der Waals surface area contributed by atoms with Gasteiger partial charge in [-0.2, -0.15) is 0 Å². The van der Waals surface area contributed by atoms with E-state index < -0.39 is 0 Å². The third-order valence-electron chi connectivity index (χ3n) is 8.29. The molecule has 2 aliphatic heterocycles. The first-order chi connectivity index (χ1) is 18.5. The van der Waals surface area contributed by atoms with Crippen LogP contribution >= 0.6 is 0 Å². The number of benzene rings is 2. The third kappa shape index (κ3) is 5.13. The number of anilines is 1. The number of piperazine rings is 1. The van der Waals surface area contributed by atoms with E-state index in [-0.39, 0.29) is 17.9 Å². The van der Waals surface area contributed by atoms with Crippen molar-refractivity contribution in [1.82, 2.24) is 19.7 Å². The molecular formula is C31H39N5O3. The second kappa shape index (κ2) is 10.4. The van der Waals surface area contributed by atoms with Crippen LogP contribution in [0.5, 0.6) is 5.75 Å². The van der Waals surface area contributed by atoms with Crippen LogP contribution in [0.3, 0.4) is 0 Å². The molecule has 39 heavy (non-hydrogen) atoms. The van der Waals surface area contributed by atoms with E-state index in [1.165, 1.54) is 6.42 Å². The SMILES string of the molecule is COc1cc(-c2cc(C(=O)N(C)C)n(C)c2)cc([C@@H](C)NC(=O)c2cc(N3C[C@H]4C[C@@H]3CN4C)ccc2C)c1. The lowest BCUT2D eigenvalue weighted by Crippen LogP contribution is -2.44. The van der Waals surface area contributed by atoms with Crippen molar-refractivity contribution in [3.63, 3.8) is 0 Å². The van der Waals surface area contributed by atoms with Crippen LogP contribution in [0.4, 0.5) is 5.69 Å².